The van der Waals surface area contributed by atoms with Gasteiger partial charge >= 0.3 is 5.97 Å². The Morgan fingerprint density at radius 2 is 2.55 bits per heavy atom. The quantitative estimate of drug-likeness (QED) is 0.536. The predicted octanol–water partition coefficient (Wildman–Crippen LogP) is 0.410. The number of ether oxygens (including phenoxy) is 1. The number of esters is 1. The zero-order valence-corrected chi connectivity index (χ0v) is 6.28. The van der Waals surface area contributed by atoms with Gasteiger partial charge in [0.2, 0.25) is 12.4 Å². The van der Waals surface area contributed by atoms with Crippen LogP contribution in [-0.2, 0) is 9.53 Å². The number of carbonyl (C=O) groups is 1. The first-order valence-electron chi connectivity index (χ1n) is 3.41. The minimum Gasteiger partial charge on any atom is -0.462 e. The molecule has 57 valence electrons. The Morgan fingerprint density at radius 3 is 3.09 bits per heavy atom. The van der Waals surface area contributed by atoms with Crippen LogP contribution in [0.1, 0.15) is 6.92 Å². The first kappa shape index (κ1) is 7.72. The first-order chi connectivity index (χ1) is 5.34. The molecule has 1 radical (unpaired) electrons. The minimum absolute atomic E-state index is 0.296. The molecule has 0 unspecified atom stereocenters. The van der Waals surface area contributed by atoms with Crippen LogP contribution in [0.4, 0.5) is 0 Å². The van der Waals surface area contributed by atoms with E-state index in [9.17, 15) is 4.79 Å². The van der Waals surface area contributed by atoms with E-state index >= 15 is 0 Å². The molecule has 11 heavy (non-hydrogen) atoms. The summed E-state index contributed by atoms with van der Waals surface area (Å²) >= 11 is 0. The van der Waals surface area contributed by atoms with Crippen LogP contribution in [0.25, 0.3) is 0 Å². The van der Waals surface area contributed by atoms with E-state index in [1.54, 1.807) is 31.5 Å². The summed E-state index contributed by atoms with van der Waals surface area (Å²) in [7, 11) is 0. The van der Waals surface area contributed by atoms with Crippen LogP contribution < -0.4 is 4.99 Å². The molecule has 0 aromatic heterocycles. The summed E-state index contributed by atoms with van der Waals surface area (Å²) in [5.74, 6) is -0.296. The third kappa shape index (κ3) is 2.04. The van der Waals surface area contributed by atoms with E-state index in [1.807, 2.05) is 0 Å². The van der Waals surface area contributed by atoms with Gasteiger partial charge in [-0.05, 0) is 6.92 Å². The molecule has 0 aromatic rings. The van der Waals surface area contributed by atoms with E-state index in [2.05, 4.69) is 4.99 Å². The maximum absolute atomic E-state index is 11.0. The average Bonchev–Trinajstić information content (AvgIpc) is 2.07. The second kappa shape index (κ2) is 3.71. The molecule has 0 spiro atoms. The molecule has 0 saturated heterocycles. The van der Waals surface area contributed by atoms with Gasteiger partial charge in [-0.2, -0.15) is 0 Å². The van der Waals surface area contributed by atoms with Crippen molar-refractivity contribution < 1.29 is 9.53 Å². The summed E-state index contributed by atoms with van der Waals surface area (Å²) in [6, 6.07) is 0. The van der Waals surface area contributed by atoms with Crippen molar-refractivity contribution in [1.29, 1.82) is 0 Å². The highest BCUT2D eigenvalue weighted by molar-refractivity contribution is 5.96. The third-order valence-electron chi connectivity index (χ3n) is 1.19. The Morgan fingerprint density at radius 1 is 1.73 bits per heavy atom. The van der Waals surface area contributed by atoms with Gasteiger partial charge in [-0.3, -0.25) is 0 Å². The molecule has 3 heteroatoms. The van der Waals surface area contributed by atoms with Crippen molar-refractivity contribution in [1.82, 2.24) is 4.99 Å². The highest BCUT2D eigenvalue weighted by atomic mass is 16.5. The summed E-state index contributed by atoms with van der Waals surface area (Å²) in [6.45, 7) is 2.18. The van der Waals surface area contributed by atoms with E-state index in [0.29, 0.717) is 12.2 Å². The van der Waals surface area contributed by atoms with E-state index in [4.69, 9.17) is 4.74 Å². The molecular weight excluding hydrogens is 142 g/mol. The molecule has 0 aliphatic carbocycles. The number of hydrogen-bond donors (Lipinski definition) is 0. The maximum Gasteiger partial charge on any atom is 0.338 e. The molecular formula is C8H9NO2+. The molecule has 0 N–H and O–H groups in total. The summed E-state index contributed by atoms with van der Waals surface area (Å²) in [6.07, 6.45) is 6.37. The van der Waals surface area contributed by atoms with Crippen molar-refractivity contribution in [2.24, 2.45) is 0 Å². The predicted molar refractivity (Wildman–Crippen MR) is 42.1 cm³/mol. The zero-order valence-electron chi connectivity index (χ0n) is 6.28. The van der Waals surface area contributed by atoms with Crippen molar-refractivity contribution in [3.63, 3.8) is 0 Å². The molecule has 1 heterocycles. The molecule has 0 atom stereocenters. The Labute approximate surface area is 65.1 Å². The molecule has 0 bridgehead atoms. The van der Waals surface area contributed by atoms with Crippen LogP contribution in [-0.4, -0.2) is 18.8 Å². The average molecular weight is 151 g/mol. The molecule has 0 fully saturated rings. The van der Waals surface area contributed by atoms with Crippen LogP contribution >= 0.6 is 0 Å². The SMILES string of the molecule is CCOC(=O)C1=CC=[N+]C=C1. The van der Waals surface area contributed by atoms with Gasteiger partial charge in [-0.1, -0.05) is 0 Å². The van der Waals surface area contributed by atoms with Crippen LogP contribution in [0, 0.1) is 0 Å². The lowest BCUT2D eigenvalue weighted by atomic mass is 10.2. The van der Waals surface area contributed by atoms with E-state index in [0.717, 1.165) is 0 Å². The summed E-state index contributed by atoms with van der Waals surface area (Å²) < 4.78 is 4.76. The van der Waals surface area contributed by atoms with Gasteiger partial charge in [-0.15, -0.1) is 0 Å². The summed E-state index contributed by atoms with van der Waals surface area (Å²) in [5, 5.41) is 0. The molecule has 1 aliphatic rings. The maximum atomic E-state index is 11.0. The summed E-state index contributed by atoms with van der Waals surface area (Å²) in [4.78, 5) is 14.8. The van der Waals surface area contributed by atoms with Gasteiger partial charge in [0.1, 0.15) is 0 Å². The third-order valence-corrected chi connectivity index (χ3v) is 1.19. The lowest BCUT2D eigenvalue weighted by Crippen LogP contribution is -2.08. The number of aliphatic imine (C=N–C) groups is 1. The van der Waals surface area contributed by atoms with E-state index < -0.39 is 0 Å². The van der Waals surface area contributed by atoms with Gasteiger partial charge in [0.05, 0.1) is 17.2 Å². The molecule has 0 saturated carbocycles. The van der Waals surface area contributed by atoms with Crippen LogP contribution in [0.15, 0.2) is 23.9 Å². The van der Waals surface area contributed by atoms with Crippen molar-refractivity contribution in [2.45, 2.75) is 6.92 Å². The number of hydrogen-bond acceptors (Lipinski definition) is 3. The lowest BCUT2D eigenvalue weighted by molar-refractivity contribution is -0.138. The van der Waals surface area contributed by atoms with E-state index in [1.165, 1.54) is 0 Å². The molecule has 3 nitrogen and oxygen atoms in total. The number of rotatable bonds is 2. The molecule has 1 rings (SSSR count). The fraction of sp³-hybridized carbons (Fsp3) is 0.250. The van der Waals surface area contributed by atoms with Crippen molar-refractivity contribution in [3.05, 3.63) is 23.9 Å². The minimum atomic E-state index is -0.296. The van der Waals surface area contributed by atoms with Crippen LogP contribution in [0.5, 0.6) is 0 Å². The van der Waals surface area contributed by atoms with Gasteiger partial charge in [-0.25, -0.2) is 4.79 Å². The van der Waals surface area contributed by atoms with Gasteiger partial charge in [0, 0.05) is 12.2 Å². The molecule has 0 aromatic carbocycles. The number of nitrogens with zero attached hydrogens (tertiary/aromatic N) is 1. The Hall–Kier alpha value is -1.38. The van der Waals surface area contributed by atoms with Crippen molar-refractivity contribution in [3.8, 4) is 0 Å². The Kier molecular flexibility index (Phi) is 2.60. The number of allylic oxidation sites excluding steroid dienone is 1. The zero-order chi connectivity index (χ0) is 8.10. The monoisotopic (exact) mass is 151 g/mol. The first-order valence-corrected chi connectivity index (χ1v) is 3.41. The lowest BCUT2D eigenvalue weighted by Gasteiger charge is -1.99. The van der Waals surface area contributed by atoms with Gasteiger partial charge in [0.25, 0.3) is 0 Å². The highest BCUT2D eigenvalue weighted by Gasteiger charge is 2.10. The van der Waals surface area contributed by atoms with E-state index in [-0.39, 0.29) is 5.97 Å². The van der Waals surface area contributed by atoms with Gasteiger partial charge < -0.3 is 4.74 Å². The van der Waals surface area contributed by atoms with Crippen LogP contribution in [0.2, 0.25) is 0 Å². The fourth-order valence-electron chi connectivity index (χ4n) is 0.702. The topological polar surface area (TPSA) is 40.4 Å². The van der Waals surface area contributed by atoms with Crippen LogP contribution in [0.3, 0.4) is 0 Å². The normalized spacial score (nSPS) is 14.5. The van der Waals surface area contributed by atoms with Gasteiger partial charge in [0.15, 0.2) is 0 Å². The van der Waals surface area contributed by atoms with Crippen molar-refractivity contribution in [2.75, 3.05) is 6.61 Å². The highest BCUT2D eigenvalue weighted by Crippen LogP contribution is 2.00. The molecule has 0 amide bonds. The van der Waals surface area contributed by atoms with Crippen molar-refractivity contribution >= 4 is 12.2 Å². The second-order valence-corrected chi connectivity index (χ2v) is 1.96. The molecule has 1 aliphatic heterocycles. The second-order valence-electron chi connectivity index (χ2n) is 1.96. The Balaban J connectivity index is 2.61. The standard InChI is InChI=1S/C8H9NO2/c1-2-11-8(10)7-3-5-9-6-4-7/h3-6H,2H2,1H3/q+1. The summed E-state index contributed by atoms with van der Waals surface area (Å²) in [5.41, 5.74) is 0.543. The fourth-order valence-corrected chi connectivity index (χ4v) is 0.702. The smallest absolute Gasteiger partial charge is 0.338 e. The largest absolute Gasteiger partial charge is 0.462 e. The Bertz CT molecular complexity index is 238. The number of carbonyl (C=O) groups excluding carboxylic acids is 1.